The van der Waals surface area contributed by atoms with E-state index in [0.29, 0.717) is 5.76 Å². The summed E-state index contributed by atoms with van der Waals surface area (Å²) in [7, 11) is 0. The monoisotopic (exact) mass is 176 g/mol. The molecule has 1 aliphatic rings. The van der Waals surface area contributed by atoms with Crippen molar-refractivity contribution in [3.63, 3.8) is 0 Å². The SMILES string of the molecule is OC([C]1C=CC=CN1)c1ccco1. The van der Waals surface area contributed by atoms with Crippen LogP contribution in [-0.4, -0.2) is 5.11 Å². The molecule has 0 aliphatic carbocycles. The van der Waals surface area contributed by atoms with Crippen LogP contribution in [0.5, 0.6) is 0 Å². The zero-order valence-corrected chi connectivity index (χ0v) is 6.97. The van der Waals surface area contributed by atoms with Crippen molar-refractivity contribution in [2.75, 3.05) is 0 Å². The van der Waals surface area contributed by atoms with Crippen LogP contribution in [-0.2, 0) is 0 Å². The second-order valence-corrected chi connectivity index (χ2v) is 2.74. The Kier molecular flexibility index (Phi) is 2.19. The molecule has 0 saturated heterocycles. The molecule has 0 amide bonds. The van der Waals surface area contributed by atoms with Gasteiger partial charge in [0, 0.05) is 0 Å². The van der Waals surface area contributed by atoms with Gasteiger partial charge in [0.15, 0.2) is 0 Å². The van der Waals surface area contributed by atoms with Gasteiger partial charge in [-0.3, -0.25) is 0 Å². The van der Waals surface area contributed by atoms with E-state index in [2.05, 4.69) is 5.32 Å². The van der Waals surface area contributed by atoms with Gasteiger partial charge in [-0.2, -0.15) is 0 Å². The number of aliphatic hydroxyl groups is 1. The predicted octanol–water partition coefficient (Wildman–Crippen LogP) is 1.52. The molecule has 1 aromatic rings. The maximum absolute atomic E-state index is 9.76. The highest BCUT2D eigenvalue weighted by molar-refractivity contribution is 5.26. The maximum atomic E-state index is 9.76. The molecule has 2 N–H and O–H groups in total. The lowest BCUT2D eigenvalue weighted by Crippen LogP contribution is -2.21. The summed E-state index contributed by atoms with van der Waals surface area (Å²) >= 11 is 0. The Bertz CT molecular complexity index is 314. The van der Waals surface area contributed by atoms with Crippen molar-refractivity contribution < 1.29 is 9.52 Å². The summed E-state index contributed by atoms with van der Waals surface area (Å²) < 4.78 is 5.08. The van der Waals surface area contributed by atoms with Crippen molar-refractivity contribution in [3.05, 3.63) is 54.6 Å². The first-order valence-corrected chi connectivity index (χ1v) is 4.06. The molecule has 3 nitrogen and oxygen atoms in total. The molecule has 0 fully saturated rings. The second kappa shape index (κ2) is 3.49. The van der Waals surface area contributed by atoms with Gasteiger partial charge in [-0.1, -0.05) is 12.2 Å². The summed E-state index contributed by atoms with van der Waals surface area (Å²) in [4.78, 5) is 0. The van der Waals surface area contributed by atoms with E-state index < -0.39 is 6.10 Å². The molecule has 1 aromatic heterocycles. The van der Waals surface area contributed by atoms with E-state index in [0.717, 1.165) is 6.04 Å². The molecule has 2 rings (SSSR count). The quantitative estimate of drug-likeness (QED) is 0.718. The molecule has 2 heterocycles. The second-order valence-electron chi connectivity index (χ2n) is 2.74. The largest absolute Gasteiger partial charge is 0.466 e. The maximum Gasteiger partial charge on any atom is 0.141 e. The fourth-order valence-corrected chi connectivity index (χ4v) is 1.18. The molecule has 1 radical (unpaired) electrons. The van der Waals surface area contributed by atoms with Crippen molar-refractivity contribution in [2.45, 2.75) is 6.10 Å². The molecule has 3 heteroatoms. The molecule has 0 aromatic carbocycles. The van der Waals surface area contributed by atoms with Crippen LogP contribution < -0.4 is 5.32 Å². The number of furan rings is 1. The minimum absolute atomic E-state index is 0.544. The fraction of sp³-hybridized carbons (Fsp3) is 0.100. The Morgan fingerprint density at radius 3 is 2.92 bits per heavy atom. The molecule has 13 heavy (non-hydrogen) atoms. The van der Waals surface area contributed by atoms with Crippen LogP contribution in [0.3, 0.4) is 0 Å². The Morgan fingerprint density at radius 2 is 2.31 bits per heavy atom. The van der Waals surface area contributed by atoms with Gasteiger partial charge in [0.1, 0.15) is 17.9 Å². The number of rotatable bonds is 2. The normalized spacial score (nSPS) is 18.5. The van der Waals surface area contributed by atoms with E-state index >= 15 is 0 Å². The first-order chi connectivity index (χ1) is 6.38. The average molecular weight is 176 g/mol. The van der Waals surface area contributed by atoms with Gasteiger partial charge in [-0.05, 0) is 24.4 Å². The fourth-order valence-electron chi connectivity index (χ4n) is 1.18. The molecule has 0 spiro atoms. The van der Waals surface area contributed by atoms with Crippen molar-refractivity contribution in [1.29, 1.82) is 0 Å². The number of hydrogen-bond donors (Lipinski definition) is 2. The number of aliphatic hydroxyl groups excluding tert-OH is 1. The summed E-state index contributed by atoms with van der Waals surface area (Å²) in [6.07, 6.45) is 8.13. The first kappa shape index (κ1) is 8.13. The van der Waals surface area contributed by atoms with Crippen LogP contribution in [0.15, 0.2) is 47.2 Å². The third-order valence-electron chi connectivity index (χ3n) is 1.84. The minimum Gasteiger partial charge on any atom is -0.466 e. The summed E-state index contributed by atoms with van der Waals surface area (Å²) in [5, 5.41) is 12.7. The summed E-state index contributed by atoms with van der Waals surface area (Å²) in [5.41, 5.74) is 0. The molecule has 0 saturated carbocycles. The predicted molar refractivity (Wildman–Crippen MR) is 48.3 cm³/mol. The highest BCUT2D eigenvalue weighted by Crippen LogP contribution is 2.24. The smallest absolute Gasteiger partial charge is 0.141 e. The molecule has 67 valence electrons. The van der Waals surface area contributed by atoms with Crippen molar-refractivity contribution in [2.24, 2.45) is 0 Å². The van der Waals surface area contributed by atoms with Crippen LogP contribution in [0.4, 0.5) is 0 Å². The average Bonchev–Trinajstić information content (AvgIpc) is 2.71. The minimum atomic E-state index is -0.712. The van der Waals surface area contributed by atoms with Gasteiger partial charge in [0.05, 0.1) is 6.26 Å². The highest BCUT2D eigenvalue weighted by atomic mass is 16.4. The summed E-state index contributed by atoms with van der Waals surface area (Å²) in [6.45, 7) is 0. The molecule has 1 unspecified atom stereocenters. The lowest BCUT2D eigenvalue weighted by atomic mass is 10.1. The first-order valence-electron chi connectivity index (χ1n) is 4.06. The summed E-state index contributed by atoms with van der Waals surface area (Å²) in [6, 6.07) is 4.21. The Hall–Kier alpha value is -1.48. The van der Waals surface area contributed by atoms with Crippen LogP contribution >= 0.6 is 0 Å². The van der Waals surface area contributed by atoms with Crippen molar-refractivity contribution >= 4 is 0 Å². The van der Waals surface area contributed by atoms with E-state index in [1.807, 2.05) is 18.2 Å². The van der Waals surface area contributed by atoms with Gasteiger partial charge < -0.3 is 14.8 Å². The number of dihydropyridines is 1. The number of nitrogens with one attached hydrogen (secondary N) is 1. The highest BCUT2D eigenvalue weighted by Gasteiger charge is 2.21. The van der Waals surface area contributed by atoms with E-state index in [1.165, 1.54) is 0 Å². The number of hydrogen-bond acceptors (Lipinski definition) is 3. The lowest BCUT2D eigenvalue weighted by Gasteiger charge is -2.18. The summed E-state index contributed by atoms with van der Waals surface area (Å²) in [5.74, 6) is 0.544. The number of allylic oxidation sites excluding steroid dienone is 2. The Balaban J connectivity index is 2.09. The van der Waals surface area contributed by atoms with Gasteiger partial charge in [0.2, 0.25) is 0 Å². The Morgan fingerprint density at radius 1 is 1.38 bits per heavy atom. The van der Waals surface area contributed by atoms with Gasteiger partial charge in [-0.25, -0.2) is 0 Å². The van der Waals surface area contributed by atoms with Crippen LogP contribution in [0.1, 0.15) is 11.9 Å². The zero-order valence-electron chi connectivity index (χ0n) is 6.97. The molecular formula is C10H10NO2. The molecule has 0 bridgehead atoms. The van der Waals surface area contributed by atoms with Crippen LogP contribution in [0, 0.1) is 6.04 Å². The molecular weight excluding hydrogens is 166 g/mol. The third-order valence-corrected chi connectivity index (χ3v) is 1.84. The topological polar surface area (TPSA) is 45.4 Å². The van der Waals surface area contributed by atoms with Gasteiger partial charge >= 0.3 is 0 Å². The molecule has 1 atom stereocenters. The van der Waals surface area contributed by atoms with Crippen molar-refractivity contribution in [3.8, 4) is 0 Å². The Labute approximate surface area is 76.4 Å². The van der Waals surface area contributed by atoms with Gasteiger partial charge in [-0.15, -0.1) is 0 Å². The van der Waals surface area contributed by atoms with Crippen LogP contribution in [0.2, 0.25) is 0 Å². The zero-order chi connectivity index (χ0) is 9.10. The van der Waals surface area contributed by atoms with Crippen LogP contribution in [0.25, 0.3) is 0 Å². The standard InChI is InChI=1S/C10H10NO2/c12-10(9-5-3-7-13-9)8-4-1-2-6-11-8/h1-7,10-12H. The molecule has 1 aliphatic heterocycles. The van der Waals surface area contributed by atoms with Crippen molar-refractivity contribution in [1.82, 2.24) is 5.32 Å². The van der Waals surface area contributed by atoms with E-state index in [1.54, 1.807) is 24.6 Å². The van der Waals surface area contributed by atoms with E-state index in [-0.39, 0.29) is 0 Å². The van der Waals surface area contributed by atoms with E-state index in [4.69, 9.17) is 4.42 Å². The lowest BCUT2D eigenvalue weighted by molar-refractivity contribution is 0.161. The van der Waals surface area contributed by atoms with E-state index in [9.17, 15) is 5.11 Å². The third kappa shape index (κ3) is 1.65. The van der Waals surface area contributed by atoms with Gasteiger partial charge in [0.25, 0.3) is 0 Å².